The standard InChI is InChI=1S/C26H37NO4/c1-20-8-7-14-25(4)26(31-25,16-12-21-9-5-6-18-27-21)17-19-30-23(29)13-15-24(2,3)22(28)11-10-20/h5-6,9,12,16,18,20H,7-8,10-11,13-15,17,19H2,1-4H3. The fourth-order valence-corrected chi connectivity index (χ4v) is 4.53. The van der Waals surface area contributed by atoms with Crippen LogP contribution < -0.4 is 0 Å². The van der Waals surface area contributed by atoms with Gasteiger partial charge in [-0.3, -0.25) is 14.6 Å². The Morgan fingerprint density at radius 2 is 1.87 bits per heavy atom. The Bertz CT molecular complexity index is 803. The monoisotopic (exact) mass is 427 g/mol. The molecule has 2 aliphatic rings. The predicted molar refractivity (Wildman–Crippen MR) is 121 cm³/mol. The second-order valence-electron chi connectivity index (χ2n) is 10.1. The Morgan fingerprint density at radius 3 is 2.61 bits per heavy atom. The van der Waals surface area contributed by atoms with E-state index >= 15 is 0 Å². The van der Waals surface area contributed by atoms with Crippen LogP contribution in [0.5, 0.6) is 0 Å². The molecule has 1 aromatic rings. The fourth-order valence-electron chi connectivity index (χ4n) is 4.53. The molecular formula is C26H37NO4. The zero-order valence-corrected chi connectivity index (χ0v) is 19.5. The lowest BCUT2D eigenvalue weighted by Crippen LogP contribution is -2.27. The van der Waals surface area contributed by atoms with Crippen molar-refractivity contribution in [2.75, 3.05) is 6.61 Å². The summed E-state index contributed by atoms with van der Waals surface area (Å²) in [6, 6.07) is 5.83. The molecular weight excluding hydrogens is 390 g/mol. The number of cyclic esters (lactones) is 1. The summed E-state index contributed by atoms with van der Waals surface area (Å²) in [4.78, 5) is 29.3. The van der Waals surface area contributed by atoms with Crippen LogP contribution in [0.4, 0.5) is 0 Å². The fraction of sp³-hybridized carbons (Fsp3) is 0.654. The number of epoxide rings is 1. The van der Waals surface area contributed by atoms with E-state index in [1.807, 2.05) is 38.1 Å². The molecule has 0 amide bonds. The number of aromatic nitrogens is 1. The van der Waals surface area contributed by atoms with E-state index in [4.69, 9.17) is 9.47 Å². The van der Waals surface area contributed by atoms with Gasteiger partial charge in [0.05, 0.1) is 17.9 Å². The molecule has 2 saturated heterocycles. The van der Waals surface area contributed by atoms with E-state index in [0.29, 0.717) is 31.8 Å². The van der Waals surface area contributed by atoms with Crippen LogP contribution in [0.15, 0.2) is 30.5 Å². The highest BCUT2D eigenvalue weighted by molar-refractivity contribution is 5.84. The molecule has 0 spiro atoms. The van der Waals surface area contributed by atoms with Gasteiger partial charge < -0.3 is 9.47 Å². The molecule has 0 aliphatic carbocycles. The van der Waals surface area contributed by atoms with Crippen LogP contribution in [-0.4, -0.2) is 34.5 Å². The Labute approximate surface area is 186 Å². The van der Waals surface area contributed by atoms with Crippen molar-refractivity contribution in [1.82, 2.24) is 4.98 Å². The van der Waals surface area contributed by atoms with Crippen molar-refractivity contribution in [2.24, 2.45) is 11.3 Å². The SMILES string of the molecule is CC1CCCC2(C)OC2(C=Cc2ccccn2)CCOC(=O)CCC(C)(C)C(=O)CC1. The third-order valence-corrected chi connectivity index (χ3v) is 7.13. The lowest BCUT2D eigenvalue weighted by molar-refractivity contribution is -0.145. The zero-order valence-electron chi connectivity index (χ0n) is 19.5. The average Bonchev–Trinajstić information content (AvgIpc) is 3.32. The van der Waals surface area contributed by atoms with Gasteiger partial charge in [-0.25, -0.2) is 0 Å². The number of ketones is 1. The Hall–Kier alpha value is -2.01. The summed E-state index contributed by atoms with van der Waals surface area (Å²) in [5, 5.41) is 0. The number of Topliss-reactive ketones (excluding diaryl/α,β-unsaturated/α-hetero) is 1. The van der Waals surface area contributed by atoms with Crippen molar-refractivity contribution in [2.45, 2.75) is 90.3 Å². The van der Waals surface area contributed by atoms with Crippen molar-refractivity contribution in [3.63, 3.8) is 0 Å². The summed E-state index contributed by atoms with van der Waals surface area (Å²) in [5.41, 5.74) is -0.292. The number of ether oxygens (including phenoxy) is 2. The average molecular weight is 428 g/mol. The molecule has 2 aliphatic heterocycles. The highest BCUT2D eigenvalue weighted by Gasteiger charge is 2.64. The number of hydrogen-bond donors (Lipinski definition) is 0. The van der Waals surface area contributed by atoms with Gasteiger partial charge in [-0.1, -0.05) is 39.7 Å². The largest absolute Gasteiger partial charge is 0.466 e. The second-order valence-corrected chi connectivity index (χ2v) is 10.1. The first-order valence-electron chi connectivity index (χ1n) is 11.7. The molecule has 0 radical (unpaired) electrons. The van der Waals surface area contributed by atoms with Crippen molar-refractivity contribution in [1.29, 1.82) is 0 Å². The third kappa shape index (κ3) is 6.03. The molecule has 5 heteroatoms. The van der Waals surface area contributed by atoms with Gasteiger partial charge in [-0.15, -0.1) is 0 Å². The van der Waals surface area contributed by atoms with Gasteiger partial charge in [0.1, 0.15) is 11.4 Å². The number of nitrogens with zero attached hydrogens (tertiary/aromatic N) is 1. The highest BCUT2D eigenvalue weighted by atomic mass is 16.6. The van der Waals surface area contributed by atoms with Crippen LogP contribution in [-0.2, 0) is 19.1 Å². The van der Waals surface area contributed by atoms with E-state index < -0.39 is 11.0 Å². The van der Waals surface area contributed by atoms with Crippen LogP contribution >= 0.6 is 0 Å². The van der Waals surface area contributed by atoms with Crippen LogP contribution in [0.1, 0.15) is 84.8 Å². The molecule has 0 saturated carbocycles. The van der Waals surface area contributed by atoms with Crippen molar-refractivity contribution in [3.05, 3.63) is 36.2 Å². The zero-order chi connectivity index (χ0) is 22.5. The number of esters is 1. The van der Waals surface area contributed by atoms with E-state index in [9.17, 15) is 9.59 Å². The summed E-state index contributed by atoms with van der Waals surface area (Å²) in [6.07, 6.45) is 11.8. The maximum atomic E-state index is 12.6. The van der Waals surface area contributed by atoms with E-state index in [2.05, 4.69) is 24.9 Å². The first-order chi connectivity index (χ1) is 14.7. The minimum absolute atomic E-state index is 0.243. The Kier molecular flexibility index (Phi) is 7.35. The molecule has 3 rings (SSSR count). The molecule has 170 valence electrons. The summed E-state index contributed by atoms with van der Waals surface area (Å²) in [6.45, 7) is 8.57. The number of hydrogen-bond acceptors (Lipinski definition) is 5. The van der Waals surface area contributed by atoms with Crippen LogP contribution in [0, 0.1) is 11.3 Å². The normalized spacial score (nSPS) is 33.0. The van der Waals surface area contributed by atoms with Gasteiger partial charge in [-0.2, -0.15) is 0 Å². The molecule has 3 atom stereocenters. The van der Waals surface area contributed by atoms with Gasteiger partial charge in [-0.05, 0) is 56.4 Å². The minimum Gasteiger partial charge on any atom is -0.466 e. The highest BCUT2D eigenvalue weighted by Crippen LogP contribution is 2.55. The smallest absolute Gasteiger partial charge is 0.305 e. The van der Waals surface area contributed by atoms with Gasteiger partial charge in [0, 0.05) is 30.9 Å². The molecule has 1 aromatic heterocycles. The molecule has 2 fully saturated rings. The number of fused-ring (bicyclic) bond motifs is 1. The van der Waals surface area contributed by atoms with E-state index in [0.717, 1.165) is 31.4 Å². The lowest BCUT2D eigenvalue weighted by atomic mass is 9.80. The first kappa shape index (κ1) is 23.6. The summed E-state index contributed by atoms with van der Waals surface area (Å²) in [5.74, 6) is 0.501. The van der Waals surface area contributed by atoms with Gasteiger partial charge in [0.25, 0.3) is 0 Å². The molecule has 0 aromatic carbocycles. The van der Waals surface area contributed by atoms with E-state index in [-0.39, 0.29) is 23.8 Å². The van der Waals surface area contributed by atoms with Crippen LogP contribution in [0.25, 0.3) is 6.08 Å². The summed E-state index contributed by atoms with van der Waals surface area (Å²) < 4.78 is 11.8. The van der Waals surface area contributed by atoms with Gasteiger partial charge in [0.2, 0.25) is 0 Å². The Morgan fingerprint density at radius 1 is 1.06 bits per heavy atom. The summed E-state index contributed by atoms with van der Waals surface area (Å²) >= 11 is 0. The molecule has 31 heavy (non-hydrogen) atoms. The Balaban J connectivity index is 1.71. The lowest BCUT2D eigenvalue weighted by Gasteiger charge is -2.24. The molecule has 5 nitrogen and oxygen atoms in total. The van der Waals surface area contributed by atoms with Crippen molar-refractivity contribution >= 4 is 17.8 Å². The van der Waals surface area contributed by atoms with Crippen molar-refractivity contribution < 1.29 is 19.1 Å². The van der Waals surface area contributed by atoms with Crippen molar-refractivity contribution in [3.8, 4) is 0 Å². The van der Waals surface area contributed by atoms with Crippen LogP contribution in [0.2, 0.25) is 0 Å². The first-order valence-corrected chi connectivity index (χ1v) is 11.7. The van der Waals surface area contributed by atoms with Gasteiger partial charge in [0.15, 0.2) is 0 Å². The van der Waals surface area contributed by atoms with Crippen LogP contribution in [0.3, 0.4) is 0 Å². The maximum absolute atomic E-state index is 12.6. The molecule has 3 heterocycles. The van der Waals surface area contributed by atoms with E-state index in [1.54, 1.807) is 6.20 Å². The van der Waals surface area contributed by atoms with Gasteiger partial charge >= 0.3 is 5.97 Å². The molecule has 0 N–H and O–H groups in total. The molecule has 3 unspecified atom stereocenters. The number of pyridine rings is 1. The topological polar surface area (TPSA) is 68.8 Å². The van der Waals surface area contributed by atoms with E-state index in [1.165, 1.54) is 0 Å². The number of carbonyl (C=O) groups excluding carboxylic acids is 2. The molecule has 0 bridgehead atoms. The predicted octanol–water partition coefficient (Wildman–Crippen LogP) is 5.53. The maximum Gasteiger partial charge on any atom is 0.305 e. The quantitative estimate of drug-likeness (QED) is 0.458. The summed E-state index contributed by atoms with van der Waals surface area (Å²) in [7, 11) is 0. The number of rotatable bonds is 2. The minimum atomic E-state index is -0.485. The second kappa shape index (κ2) is 9.64. The number of carbonyl (C=O) groups is 2. The third-order valence-electron chi connectivity index (χ3n) is 7.13.